The Morgan fingerprint density at radius 2 is 1.68 bits per heavy atom. The molecular weight excluding hydrogens is 352 g/mol. The van der Waals surface area contributed by atoms with Crippen LogP contribution in [-0.4, -0.2) is 11.8 Å². The Kier molecular flexibility index (Phi) is 6.07. The minimum absolute atomic E-state index is 0.114. The van der Waals surface area contributed by atoms with Crippen molar-refractivity contribution in [1.82, 2.24) is 10.6 Å². The molecule has 0 radical (unpaired) electrons. The second kappa shape index (κ2) is 8.86. The molecule has 2 N–H and O–H groups in total. The number of carbonyl (C=O) groups is 2. The molecule has 2 aromatic carbocycles. The van der Waals surface area contributed by atoms with Gasteiger partial charge < -0.3 is 15.1 Å². The van der Waals surface area contributed by atoms with Crippen LogP contribution in [0.5, 0.6) is 0 Å². The third kappa shape index (κ3) is 4.98. The average Bonchev–Trinajstić information content (AvgIpc) is 3.21. The number of benzene rings is 2. The zero-order chi connectivity index (χ0) is 19.9. The third-order valence-corrected chi connectivity index (χ3v) is 4.28. The standard InChI is InChI=1S/C23H22N2O3/c1-16-10-12-18(13-11-16)17(2)24-23(27)21(15-20-9-6-14-28-20)25-22(26)19-7-4-3-5-8-19/h3-15,17H,1-2H3,(H,24,27)(H,25,26)/b21-15-. The molecule has 0 saturated carbocycles. The van der Waals surface area contributed by atoms with E-state index in [0.717, 1.165) is 11.1 Å². The van der Waals surface area contributed by atoms with Crippen LogP contribution < -0.4 is 10.6 Å². The van der Waals surface area contributed by atoms with E-state index < -0.39 is 5.91 Å². The van der Waals surface area contributed by atoms with Gasteiger partial charge >= 0.3 is 0 Å². The Morgan fingerprint density at radius 3 is 2.32 bits per heavy atom. The van der Waals surface area contributed by atoms with Crippen LogP contribution in [0.4, 0.5) is 0 Å². The quantitative estimate of drug-likeness (QED) is 0.634. The molecule has 28 heavy (non-hydrogen) atoms. The lowest BCUT2D eigenvalue weighted by Crippen LogP contribution is -2.36. The molecule has 1 unspecified atom stereocenters. The molecule has 2 amide bonds. The minimum Gasteiger partial charge on any atom is -0.465 e. The number of rotatable bonds is 6. The molecule has 1 aromatic heterocycles. The lowest BCUT2D eigenvalue weighted by Gasteiger charge is -2.16. The monoisotopic (exact) mass is 374 g/mol. The molecule has 0 fully saturated rings. The van der Waals surface area contributed by atoms with Gasteiger partial charge in [-0.1, -0.05) is 48.0 Å². The molecule has 3 aromatic rings. The van der Waals surface area contributed by atoms with Gasteiger partial charge in [-0.15, -0.1) is 0 Å². The maximum absolute atomic E-state index is 12.9. The van der Waals surface area contributed by atoms with Crippen LogP contribution in [0, 0.1) is 6.92 Å². The van der Waals surface area contributed by atoms with E-state index in [-0.39, 0.29) is 17.6 Å². The molecule has 142 valence electrons. The normalized spacial score (nSPS) is 12.3. The van der Waals surface area contributed by atoms with E-state index in [1.54, 1.807) is 36.4 Å². The molecule has 0 aliphatic carbocycles. The summed E-state index contributed by atoms with van der Waals surface area (Å²) in [4.78, 5) is 25.4. The molecule has 0 spiro atoms. The fourth-order valence-electron chi connectivity index (χ4n) is 2.67. The SMILES string of the molecule is Cc1ccc(C(C)NC(=O)/C(=C/c2ccco2)NC(=O)c2ccccc2)cc1. The summed E-state index contributed by atoms with van der Waals surface area (Å²) in [6.45, 7) is 3.91. The van der Waals surface area contributed by atoms with Gasteiger partial charge in [-0.2, -0.15) is 0 Å². The Morgan fingerprint density at radius 1 is 0.964 bits per heavy atom. The highest BCUT2D eigenvalue weighted by atomic mass is 16.3. The van der Waals surface area contributed by atoms with Gasteiger partial charge in [0.15, 0.2) is 0 Å². The molecule has 0 saturated heterocycles. The number of amides is 2. The summed E-state index contributed by atoms with van der Waals surface area (Å²) in [5, 5.41) is 5.61. The first-order chi connectivity index (χ1) is 13.5. The number of hydrogen-bond acceptors (Lipinski definition) is 3. The lowest BCUT2D eigenvalue weighted by atomic mass is 10.1. The van der Waals surface area contributed by atoms with Crippen molar-refractivity contribution in [3.8, 4) is 0 Å². The maximum atomic E-state index is 12.9. The number of aryl methyl sites for hydroxylation is 1. The summed E-state index contributed by atoms with van der Waals surface area (Å²) in [6.07, 6.45) is 3.02. The largest absolute Gasteiger partial charge is 0.465 e. The number of nitrogens with one attached hydrogen (secondary N) is 2. The average molecular weight is 374 g/mol. The highest BCUT2D eigenvalue weighted by molar-refractivity contribution is 6.05. The fraction of sp³-hybridized carbons (Fsp3) is 0.130. The highest BCUT2D eigenvalue weighted by Crippen LogP contribution is 2.15. The summed E-state index contributed by atoms with van der Waals surface area (Å²) >= 11 is 0. The molecular formula is C23H22N2O3. The van der Waals surface area contributed by atoms with Crippen molar-refractivity contribution in [1.29, 1.82) is 0 Å². The van der Waals surface area contributed by atoms with Crippen molar-refractivity contribution in [3.63, 3.8) is 0 Å². The second-order valence-electron chi connectivity index (χ2n) is 6.50. The number of hydrogen-bond donors (Lipinski definition) is 2. The molecule has 3 rings (SSSR count). The van der Waals surface area contributed by atoms with E-state index in [0.29, 0.717) is 11.3 Å². The van der Waals surface area contributed by atoms with Gasteiger partial charge in [0.1, 0.15) is 11.5 Å². The Bertz CT molecular complexity index is 959. The van der Waals surface area contributed by atoms with Gasteiger partial charge in [-0.25, -0.2) is 0 Å². The lowest BCUT2D eigenvalue weighted by molar-refractivity contribution is -0.118. The van der Waals surface area contributed by atoms with Crippen molar-refractivity contribution >= 4 is 17.9 Å². The van der Waals surface area contributed by atoms with Crippen LogP contribution in [-0.2, 0) is 4.79 Å². The van der Waals surface area contributed by atoms with Crippen LogP contribution in [0.25, 0.3) is 6.08 Å². The maximum Gasteiger partial charge on any atom is 0.268 e. The van der Waals surface area contributed by atoms with Crippen LogP contribution in [0.15, 0.2) is 83.1 Å². The molecule has 5 nitrogen and oxygen atoms in total. The van der Waals surface area contributed by atoms with Gasteiger partial charge in [0.25, 0.3) is 11.8 Å². The van der Waals surface area contributed by atoms with Crippen LogP contribution >= 0.6 is 0 Å². The summed E-state index contributed by atoms with van der Waals surface area (Å²) in [5.41, 5.74) is 2.71. The van der Waals surface area contributed by atoms with Crippen molar-refractivity contribution in [2.45, 2.75) is 19.9 Å². The van der Waals surface area contributed by atoms with Crippen LogP contribution in [0.3, 0.4) is 0 Å². The number of carbonyl (C=O) groups excluding carboxylic acids is 2. The van der Waals surface area contributed by atoms with Crippen LogP contribution in [0.2, 0.25) is 0 Å². The topological polar surface area (TPSA) is 71.3 Å². The fourth-order valence-corrected chi connectivity index (χ4v) is 2.67. The number of furan rings is 1. The molecule has 0 aliphatic rings. The Balaban J connectivity index is 1.79. The van der Waals surface area contributed by atoms with Gasteiger partial charge in [0.05, 0.1) is 12.3 Å². The molecule has 5 heteroatoms. The van der Waals surface area contributed by atoms with E-state index in [2.05, 4.69) is 10.6 Å². The third-order valence-electron chi connectivity index (χ3n) is 4.28. The van der Waals surface area contributed by atoms with Gasteiger partial charge in [0.2, 0.25) is 0 Å². The van der Waals surface area contributed by atoms with Crippen molar-refractivity contribution in [2.24, 2.45) is 0 Å². The minimum atomic E-state index is -0.395. The Hall–Kier alpha value is -3.60. The summed E-state index contributed by atoms with van der Waals surface area (Å²) in [7, 11) is 0. The molecule has 0 aliphatic heterocycles. The summed E-state index contributed by atoms with van der Waals surface area (Å²) in [6, 6.07) is 19.9. The van der Waals surface area contributed by atoms with Gasteiger partial charge in [0, 0.05) is 11.6 Å². The van der Waals surface area contributed by atoms with Crippen molar-refractivity contribution in [3.05, 3.63) is 101 Å². The zero-order valence-corrected chi connectivity index (χ0v) is 15.8. The smallest absolute Gasteiger partial charge is 0.268 e. The van der Waals surface area contributed by atoms with Crippen LogP contribution in [0.1, 0.15) is 40.2 Å². The van der Waals surface area contributed by atoms with Gasteiger partial charge in [-0.3, -0.25) is 9.59 Å². The van der Waals surface area contributed by atoms with E-state index in [1.165, 1.54) is 12.3 Å². The predicted molar refractivity (Wildman–Crippen MR) is 108 cm³/mol. The molecule has 0 bridgehead atoms. The summed E-state index contributed by atoms with van der Waals surface area (Å²) in [5.74, 6) is -0.285. The summed E-state index contributed by atoms with van der Waals surface area (Å²) < 4.78 is 5.30. The Labute approximate surface area is 164 Å². The first-order valence-electron chi connectivity index (χ1n) is 9.02. The highest BCUT2D eigenvalue weighted by Gasteiger charge is 2.17. The van der Waals surface area contributed by atoms with E-state index in [1.807, 2.05) is 44.2 Å². The van der Waals surface area contributed by atoms with E-state index in [4.69, 9.17) is 4.42 Å². The van der Waals surface area contributed by atoms with Crippen molar-refractivity contribution in [2.75, 3.05) is 0 Å². The molecule has 1 atom stereocenters. The van der Waals surface area contributed by atoms with E-state index in [9.17, 15) is 9.59 Å². The second-order valence-corrected chi connectivity index (χ2v) is 6.50. The van der Waals surface area contributed by atoms with Gasteiger partial charge in [-0.05, 0) is 43.7 Å². The first kappa shape index (κ1) is 19.2. The van der Waals surface area contributed by atoms with Crippen molar-refractivity contribution < 1.29 is 14.0 Å². The molecule has 1 heterocycles. The first-order valence-corrected chi connectivity index (χ1v) is 9.02. The zero-order valence-electron chi connectivity index (χ0n) is 15.8. The predicted octanol–water partition coefficient (Wildman–Crippen LogP) is 4.24. The van der Waals surface area contributed by atoms with E-state index >= 15 is 0 Å².